The summed E-state index contributed by atoms with van der Waals surface area (Å²) >= 11 is 3.50. The molecule has 5 heteroatoms. The van der Waals surface area contributed by atoms with Crippen LogP contribution in [0.4, 0.5) is 5.88 Å². The van der Waals surface area contributed by atoms with Crippen molar-refractivity contribution >= 4 is 27.6 Å². The molecule has 0 unspecified atom stereocenters. The van der Waals surface area contributed by atoms with E-state index in [4.69, 9.17) is 4.52 Å². The van der Waals surface area contributed by atoms with Gasteiger partial charge in [-0.05, 0) is 42.5 Å². The van der Waals surface area contributed by atoms with Crippen molar-refractivity contribution in [3.05, 3.63) is 92.7 Å². The minimum absolute atomic E-state index is 0.144. The molecule has 1 aliphatic carbocycles. The topological polar surface area (TPSA) is 55.1 Å². The third-order valence-electron chi connectivity index (χ3n) is 5.73. The van der Waals surface area contributed by atoms with E-state index in [1.54, 1.807) is 0 Å². The number of benzene rings is 2. The van der Waals surface area contributed by atoms with Crippen LogP contribution < -0.4 is 5.32 Å². The molecule has 3 aromatic rings. The number of rotatable bonds is 2. The van der Waals surface area contributed by atoms with Gasteiger partial charge >= 0.3 is 0 Å². The van der Waals surface area contributed by atoms with E-state index >= 15 is 0 Å². The van der Waals surface area contributed by atoms with Gasteiger partial charge < -0.3 is 9.84 Å². The summed E-state index contributed by atoms with van der Waals surface area (Å²) in [5.74, 6) is 0.887. The zero-order valence-corrected chi connectivity index (χ0v) is 17.0. The lowest BCUT2D eigenvalue weighted by Gasteiger charge is -2.34. The van der Waals surface area contributed by atoms with Crippen LogP contribution in [-0.4, -0.2) is 10.9 Å². The Morgan fingerprint density at radius 2 is 1.79 bits per heavy atom. The number of nitrogens with zero attached hydrogens (tertiary/aromatic N) is 1. The van der Waals surface area contributed by atoms with Crippen LogP contribution in [0.2, 0.25) is 0 Å². The van der Waals surface area contributed by atoms with Crippen LogP contribution in [0, 0.1) is 6.92 Å². The Hall–Kier alpha value is -2.66. The maximum Gasteiger partial charge on any atom is 0.233 e. The summed E-state index contributed by atoms with van der Waals surface area (Å²) in [6.07, 6.45) is 1.31. The van der Waals surface area contributed by atoms with Crippen molar-refractivity contribution in [1.82, 2.24) is 5.16 Å². The number of carbonyl (C=O) groups is 1. The number of fused-ring (bicyclic) bond motifs is 1. The second-order valence-electron chi connectivity index (χ2n) is 7.45. The number of carbonyl (C=O) groups excluding carboxylic acids is 1. The third-order valence-corrected chi connectivity index (χ3v) is 6.26. The van der Waals surface area contributed by atoms with Crippen molar-refractivity contribution in [2.75, 3.05) is 5.32 Å². The minimum atomic E-state index is -0.144. The standard InChI is InChI=1S/C23H19BrN2O2/c1-13-20-21(15-7-9-17(24)10-8-15)22-18(25-23(20)28-26-13)11-16(12-19(22)27)14-5-3-2-4-6-14/h2-10,16,21,25H,11-12H2,1H3/t16-,21+/m0/s1. The molecule has 2 aliphatic rings. The molecule has 1 aliphatic heterocycles. The van der Waals surface area contributed by atoms with Gasteiger partial charge in [-0.3, -0.25) is 4.79 Å². The lowest BCUT2D eigenvalue weighted by molar-refractivity contribution is -0.116. The van der Waals surface area contributed by atoms with Crippen LogP contribution in [0.1, 0.15) is 47.1 Å². The molecule has 1 N–H and O–H groups in total. The average Bonchev–Trinajstić information content (AvgIpc) is 3.08. The van der Waals surface area contributed by atoms with Gasteiger partial charge in [-0.15, -0.1) is 0 Å². The number of hydrogen-bond acceptors (Lipinski definition) is 4. The first-order valence-electron chi connectivity index (χ1n) is 9.41. The van der Waals surface area contributed by atoms with E-state index in [1.807, 2.05) is 37.3 Å². The summed E-state index contributed by atoms with van der Waals surface area (Å²) in [6, 6.07) is 18.4. The summed E-state index contributed by atoms with van der Waals surface area (Å²) in [7, 11) is 0. The zero-order chi connectivity index (χ0) is 19.3. The van der Waals surface area contributed by atoms with E-state index < -0.39 is 0 Å². The van der Waals surface area contributed by atoms with Gasteiger partial charge in [-0.1, -0.05) is 63.6 Å². The minimum Gasteiger partial charge on any atom is -0.338 e. The van der Waals surface area contributed by atoms with Gasteiger partial charge in [0.25, 0.3) is 0 Å². The van der Waals surface area contributed by atoms with Gasteiger partial charge in [0.05, 0.1) is 11.3 Å². The van der Waals surface area contributed by atoms with Gasteiger partial charge in [0.2, 0.25) is 5.88 Å². The SMILES string of the molecule is Cc1noc2c1[C@@H](c1ccc(Br)cc1)C1=C(C[C@H](c3ccccc3)CC1=O)N2. The summed E-state index contributed by atoms with van der Waals surface area (Å²) in [5.41, 5.74) is 5.88. The number of nitrogens with one attached hydrogen (secondary N) is 1. The first-order valence-corrected chi connectivity index (χ1v) is 10.2. The molecule has 0 spiro atoms. The van der Waals surface area contributed by atoms with Gasteiger partial charge in [0, 0.05) is 28.1 Å². The molecule has 28 heavy (non-hydrogen) atoms. The molecule has 2 atom stereocenters. The van der Waals surface area contributed by atoms with E-state index in [0.717, 1.165) is 39.0 Å². The highest BCUT2D eigenvalue weighted by Crippen LogP contribution is 2.49. The molecule has 0 saturated heterocycles. The van der Waals surface area contributed by atoms with Crippen LogP contribution in [0.15, 0.2) is 74.9 Å². The van der Waals surface area contributed by atoms with Crippen molar-refractivity contribution in [2.45, 2.75) is 31.6 Å². The molecule has 0 amide bonds. The van der Waals surface area contributed by atoms with Crippen molar-refractivity contribution in [1.29, 1.82) is 0 Å². The summed E-state index contributed by atoms with van der Waals surface area (Å²) < 4.78 is 6.59. The van der Waals surface area contributed by atoms with Crippen LogP contribution in [0.25, 0.3) is 0 Å². The van der Waals surface area contributed by atoms with Crippen molar-refractivity contribution in [3.63, 3.8) is 0 Å². The van der Waals surface area contributed by atoms with Crippen molar-refractivity contribution < 1.29 is 9.32 Å². The van der Waals surface area contributed by atoms with Gasteiger partial charge in [0.15, 0.2) is 5.78 Å². The second-order valence-corrected chi connectivity index (χ2v) is 8.37. The first kappa shape index (κ1) is 17.4. The maximum atomic E-state index is 13.3. The predicted molar refractivity (Wildman–Crippen MR) is 111 cm³/mol. The van der Waals surface area contributed by atoms with Gasteiger partial charge in [-0.25, -0.2) is 0 Å². The molecular weight excluding hydrogens is 416 g/mol. The Bertz CT molecular complexity index is 1080. The van der Waals surface area contributed by atoms with Gasteiger partial charge in [0.1, 0.15) is 0 Å². The normalized spacial score (nSPS) is 21.1. The van der Waals surface area contributed by atoms with Crippen molar-refractivity contribution in [2.24, 2.45) is 0 Å². The Balaban J connectivity index is 1.63. The lowest BCUT2D eigenvalue weighted by atomic mass is 9.72. The molecule has 0 fully saturated rings. The molecule has 5 rings (SSSR count). The summed E-state index contributed by atoms with van der Waals surface area (Å²) in [4.78, 5) is 13.3. The van der Waals surface area contributed by atoms with Crippen LogP contribution in [0.5, 0.6) is 0 Å². The Morgan fingerprint density at radius 1 is 1.04 bits per heavy atom. The Labute approximate surface area is 171 Å². The molecule has 0 saturated carbocycles. The van der Waals surface area contributed by atoms with Crippen LogP contribution in [-0.2, 0) is 4.79 Å². The molecule has 140 valence electrons. The lowest BCUT2D eigenvalue weighted by Crippen LogP contribution is -2.29. The monoisotopic (exact) mass is 434 g/mol. The van der Waals surface area contributed by atoms with E-state index in [2.05, 4.69) is 50.7 Å². The molecule has 0 bridgehead atoms. The fourth-order valence-electron chi connectivity index (χ4n) is 4.42. The van der Waals surface area contributed by atoms with Crippen molar-refractivity contribution in [3.8, 4) is 0 Å². The zero-order valence-electron chi connectivity index (χ0n) is 15.4. The van der Waals surface area contributed by atoms with Crippen LogP contribution >= 0.6 is 15.9 Å². The number of aromatic nitrogens is 1. The largest absolute Gasteiger partial charge is 0.338 e. The predicted octanol–water partition coefficient (Wildman–Crippen LogP) is 5.70. The molecule has 2 aromatic carbocycles. The number of aryl methyl sites for hydroxylation is 1. The molecule has 4 nitrogen and oxygen atoms in total. The van der Waals surface area contributed by atoms with E-state index in [0.29, 0.717) is 12.3 Å². The Kier molecular flexibility index (Phi) is 4.20. The molecule has 2 heterocycles. The fraction of sp³-hybridized carbons (Fsp3) is 0.217. The average molecular weight is 435 g/mol. The number of anilines is 1. The smallest absolute Gasteiger partial charge is 0.233 e. The molecule has 1 aromatic heterocycles. The number of hydrogen-bond donors (Lipinski definition) is 1. The van der Waals surface area contributed by atoms with E-state index in [-0.39, 0.29) is 17.6 Å². The Morgan fingerprint density at radius 3 is 2.54 bits per heavy atom. The fourth-order valence-corrected chi connectivity index (χ4v) is 4.69. The summed E-state index contributed by atoms with van der Waals surface area (Å²) in [5, 5.41) is 7.55. The highest BCUT2D eigenvalue weighted by molar-refractivity contribution is 9.10. The second kappa shape index (κ2) is 6.74. The highest BCUT2D eigenvalue weighted by Gasteiger charge is 2.41. The molecule has 0 radical (unpaired) electrons. The van der Waals surface area contributed by atoms with E-state index in [1.165, 1.54) is 5.56 Å². The quantitative estimate of drug-likeness (QED) is 0.561. The number of halogens is 1. The third kappa shape index (κ3) is 2.81. The first-order chi connectivity index (χ1) is 13.6. The molecular formula is C23H19BrN2O2. The summed E-state index contributed by atoms with van der Waals surface area (Å²) in [6.45, 7) is 1.93. The number of allylic oxidation sites excluding steroid dienone is 2. The van der Waals surface area contributed by atoms with Crippen LogP contribution in [0.3, 0.4) is 0 Å². The maximum absolute atomic E-state index is 13.3. The highest BCUT2D eigenvalue weighted by atomic mass is 79.9. The number of ketones is 1. The number of Topliss-reactive ketones (excluding diaryl/α,β-unsaturated/α-hetero) is 1. The van der Waals surface area contributed by atoms with Gasteiger partial charge in [-0.2, -0.15) is 0 Å². The van der Waals surface area contributed by atoms with E-state index in [9.17, 15) is 4.79 Å².